The minimum absolute atomic E-state index is 0.218. The summed E-state index contributed by atoms with van der Waals surface area (Å²) in [5.74, 6) is 2.80. The van der Waals surface area contributed by atoms with Gasteiger partial charge >= 0.3 is 0 Å². The minimum Gasteiger partial charge on any atom is -0.504 e. The SMILES string of the molecule is COc1cc2c(cc1O)CCC1C2CC[C@]2(C)/C(=C/C#N)CCC12. The van der Waals surface area contributed by atoms with Crippen LogP contribution in [0.25, 0.3) is 0 Å². The topological polar surface area (TPSA) is 53.2 Å². The smallest absolute Gasteiger partial charge is 0.160 e. The molecule has 3 heteroatoms. The zero-order valence-electron chi connectivity index (χ0n) is 14.5. The number of ether oxygens (including phenoxy) is 1. The molecule has 3 nitrogen and oxygen atoms in total. The van der Waals surface area contributed by atoms with E-state index in [-0.39, 0.29) is 11.2 Å². The van der Waals surface area contributed by atoms with Crippen LogP contribution < -0.4 is 4.74 Å². The maximum atomic E-state index is 10.1. The highest BCUT2D eigenvalue weighted by Crippen LogP contribution is 2.63. The molecule has 0 saturated heterocycles. The van der Waals surface area contributed by atoms with Crippen LogP contribution in [0, 0.1) is 28.6 Å². The molecule has 3 aliphatic rings. The molecule has 0 radical (unpaired) electrons. The zero-order valence-corrected chi connectivity index (χ0v) is 14.5. The van der Waals surface area contributed by atoms with E-state index in [2.05, 4.69) is 19.1 Å². The molecule has 0 aromatic heterocycles. The molecule has 126 valence electrons. The quantitative estimate of drug-likeness (QED) is 0.762. The summed E-state index contributed by atoms with van der Waals surface area (Å²) >= 11 is 0. The number of aromatic hydroxyl groups is 1. The van der Waals surface area contributed by atoms with E-state index < -0.39 is 0 Å². The molecule has 1 aromatic carbocycles. The van der Waals surface area contributed by atoms with Gasteiger partial charge in [0, 0.05) is 6.08 Å². The molecule has 0 amide bonds. The molecule has 2 saturated carbocycles. The monoisotopic (exact) mass is 323 g/mol. The van der Waals surface area contributed by atoms with Crippen molar-refractivity contribution in [1.82, 2.24) is 0 Å². The second-order valence-electron chi connectivity index (χ2n) is 7.93. The van der Waals surface area contributed by atoms with E-state index >= 15 is 0 Å². The Morgan fingerprint density at radius 2 is 2.12 bits per heavy atom. The molecule has 0 aliphatic heterocycles. The molecular formula is C21H25NO2. The fourth-order valence-corrected chi connectivity index (χ4v) is 5.91. The van der Waals surface area contributed by atoms with Gasteiger partial charge in [0.2, 0.25) is 0 Å². The molecule has 4 atom stereocenters. The van der Waals surface area contributed by atoms with Crippen molar-refractivity contribution in [2.45, 2.75) is 51.4 Å². The lowest BCUT2D eigenvalue weighted by atomic mass is 9.55. The van der Waals surface area contributed by atoms with Gasteiger partial charge in [-0.05, 0) is 85.0 Å². The van der Waals surface area contributed by atoms with E-state index in [1.807, 2.05) is 12.1 Å². The summed E-state index contributed by atoms with van der Waals surface area (Å²) in [4.78, 5) is 0. The Labute approximate surface area is 143 Å². The maximum Gasteiger partial charge on any atom is 0.160 e. The van der Waals surface area contributed by atoms with Crippen molar-refractivity contribution >= 4 is 0 Å². The summed E-state index contributed by atoms with van der Waals surface area (Å²) in [6.07, 6.45) is 8.69. The number of hydrogen-bond acceptors (Lipinski definition) is 3. The van der Waals surface area contributed by atoms with Gasteiger partial charge in [0.1, 0.15) is 0 Å². The lowest BCUT2D eigenvalue weighted by Gasteiger charge is -2.49. The van der Waals surface area contributed by atoms with Crippen molar-refractivity contribution in [3.8, 4) is 17.6 Å². The summed E-state index contributed by atoms with van der Waals surface area (Å²) in [6, 6.07) is 6.26. The number of phenols is 1. The van der Waals surface area contributed by atoms with Gasteiger partial charge < -0.3 is 9.84 Å². The lowest BCUT2D eigenvalue weighted by molar-refractivity contribution is 0.0813. The Bertz CT molecular complexity index is 745. The third kappa shape index (κ3) is 2.09. The molecule has 1 aromatic rings. The normalized spacial score (nSPS) is 35.7. The van der Waals surface area contributed by atoms with Crippen LogP contribution in [-0.2, 0) is 6.42 Å². The third-order valence-corrected chi connectivity index (χ3v) is 7.11. The van der Waals surface area contributed by atoms with Gasteiger partial charge in [0.05, 0.1) is 13.2 Å². The summed E-state index contributed by atoms with van der Waals surface area (Å²) in [5.41, 5.74) is 4.28. The van der Waals surface area contributed by atoms with Crippen LogP contribution in [0.15, 0.2) is 23.8 Å². The molecule has 0 bridgehead atoms. The van der Waals surface area contributed by atoms with Gasteiger partial charge in [0.25, 0.3) is 0 Å². The van der Waals surface area contributed by atoms with Crippen LogP contribution in [0.5, 0.6) is 11.5 Å². The number of phenolic OH excluding ortho intramolecular Hbond substituents is 1. The van der Waals surface area contributed by atoms with Gasteiger partial charge in [-0.2, -0.15) is 5.26 Å². The first kappa shape index (κ1) is 15.6. The van der Waals surface area contributed by atoms with Crippen LogP contribution in [-0.4, -0.2) is 12.2 Å². The van der Waals surface area contributed by atoms with E-state index in [1.165, 1.54) is 36.0 Å². The molecule has 24 heavy (non-hydrogen) atoms. The summed E-state index contributed by atoms with van der Waals surface area (Å²) in [7, 11) is 1.62. The van der Waals surface area contributed by atoms with E-state index in [4.69, 9.17) is 10.00 Å². The van der Waals surface area contributed by atoms with Crippen molar-refractivity contribution in [2.24, 2.45) is 17.3 Å². The predicted octanol–water partition coefficient (Wildman–Crippen LogP) is 4.71. The fraction of sp³-hybridized carbons (Fsp3) is 0.571. The number of aryl methyl sites for hydroxylation is 1. The number of nitriles is 1. The van der Waals surface area contributed by atoms with Crippen LogP contribution in [0.4, 0.5) is 0 Å². The van der Waals surface area contributed by atoms with Crippen LogP contribution in [0.3, 0.4) is 0 Å². The number of allylic oxidation sites excluding steroid dienone is 2. The molecule has 3 aliphatic carbocycles. The average Bonchev–Trinajstić information content (AvgIpc) is 2.91. The molecule has 3 unspecified atom stereocenters. The van der Waals surface area contributed by atoms with Gasteiger partial charge in [-0.3, -0.25) is 0 Å². The Kier molecular flexibility index (Phi) is 3.60. The first-order valence-corrected chi connectivity index (χ1v) is 9.07. The van der Waals surface area contributed by atoms with Crippen molar-refractivity contribution in [3.63, 3.8) is 0 Å². The summed E-state index contributed by atoms with van der Waals surface area (Å²) in [6.45, 7) is 2.39. The highest BCUT2D eigenvalue weighted by atomic mass is 16.5. The highest BCUT2D eigenvalue weighted by molar-refractivity contribution is 5.49. The van der Waals surface area contributed by atoms with Gasteiger partial charge in [-0.25, -0.2) is 0 Å². The van der Waals surface area contributed by atoms with E-state index in [9.17, 15) is 5.11 Å². The maximum absolute atomic E-state index is 10.1. The molecular weight excluding hydrogens is 298 g/mol. The number of rotatable bonds is 1. The highest BCUT2D eigenvalue weighted by Gasteiger charge is 2.52. The molecule has 2 fully saturated rings. The number of fused-ring (bicyclic) bond motifs is 5. The number of methoxy groups -OCH3 is 1. The average molecular weight is 323 g/mol. The Morgan fingerprint density at radius 3 is 2.88 bits per heavy atom. The van der Waals surface area contributed by atoms with Gasteiger partial charge in [-0.1, -0.05) is 12.5 Å². The largest absolute Gasteiger partial charge is 0.504 e. The number of benzene rings is 1. The standard InChI is InChI=1S/C21H25NO2/c1-21-9-7-15-16(18(21)6-4-14(21)8-10-22)5-3-13-11-19(23)20(24-2)12-17(13)15/h8,11-12,15-16,18,23H,3-7,9H2,1-2H3/b14-8+/t15?,16?,18?,21-/m1/s1. The summed E-state index contributed by atoms with van der Waals surface area (Å²) in [5, 5.41) is 19.2. The third-order valence-electron chi connectivity index (χ3n) is 7.11. The lowest BCUT2D eigenvalue weighted by Crippen LogP contribution is -2.40. The second kappa shape index (κ2) is 5.55. The number of hydrogen-bond donors (Lipinski definition) is 1. The first-order valence-electron chi connectivity index (χ1n) is 9.07. The second-order valence-corrected chi connectivity index (χ2v) is 7.93. The van der Waals surface area contributed by atoms with Crippen LogP contribution >= 0.6 is 0 Å². The van der Waals surface area contributed by atoms with E-state index in [0.29, 0.717) is 23.5 Å². The Hall–Kier alpha value is -1.95. The van der Waals surface area contributed by atoms with Crippen molar-refractivity contribution in [2.75, 3.05) is 7.11 Å². The van der Waals surface area contributed by atoms with Gasteiger partial charge in [0.15, 0.2) is 11.5 Å². The molecule has 4 rings (SSSR count). The molecule has 0 spiro atoms. The zero-order chi connectivity index (χ0) is 16.9. The van der Waals surface area contributed by atoms with Crippen molar-refractivity contribution in [1.29, 1.82) is 5.26 Å². The van der Waals surface area contributed by atoms with E-state index in [1.54, 1.807) is 7.11 Å². The first-order chi connectivity index (χ1) is 11.6. The molecule has 1 N–H and O–H groups in total. The van der Waals surface area contributed by atoms with Crippen LogP contribution in [0.1, 0.15) is 56.1 Å². The fourth-order valence-electron chi connectivity index (χ4n) is 5.91. The molecule has 0 heterocycles. The Balaban J connectivity index is 1.72. The minimum atomic E-state index is 0.218. The summed E-state index contributed by atoms with van der Waals surface area (Å²) < 4.78 is 5.35. The Morgan fingerprint density at radius 1 is 1.29 bits per heavy atom. The van der Waals surface area contributed by atoms with Crippen molar-refractivity contribution in [3.05, 3.63) is 34.9 Å². The van der Waals surface area contributed by atoms with Gasteiger partial charge in [-0.15, -0.1) is 0 Å². The number of nitrogens with zero attached hydrogens (tertiary/aromatic N) is 1. The predicted molar refractivity (Wildman–Crippen MR) is 93.0 cm³/mol. The van der Waals surface area contributed by atoms with E-state index in [0.717, 1.165) is 19.3 Å². The van der Waals surface area contributed by atoms with Crippen molar-refractivity contribution < 1.29 is 9.84 Å². The van der Waals surface area contributed by atoms with Crippen LogP contribution in [0.2, 0.25) is 0 Å².